The molecule has 2 aromatic heterocycles. The summed E-state index contributed by atoms with van der Waals surface area (Å²) in [4.78, 5) is 5.20. The van der Waals surface area contributed by atoms with Crippen molar-refractivity contribution in [3.63, 3.8) is 0 Å². The number of hydrogen-bond donors (Lipinski definition) is 0. The molecule has 4 heterocycles. The molecule has 0 fully saturated rings. The van der Waals surface area contributed by atoms with Crippen LogP contribution >= 0.6 is 0 Å². The van der Waals surface area contributed by atoms with E-state index in [1.54, 1.807) is 0 Å². The smallest absolute Gasteiger partial charge is 0.333 e. The van der Waals surface area contributed by atoms with E-state index in [0.717, 1.165) is 33.6 Å². The molecule has 410 valence electrons. The van der Waals surface area contributed by atoms with Crippen molar-refractivity contribution in [1.29, 1.82) is 0 Å². The highest BCUT2D eigenvalue weighted by molar-refractivity contribution is 6.94. The third-order valence-electron chi connectivity index (χ3n) is 18.9. The molecule has 14 rings (SSSR count). The van der Waals surface area contributed by atoms with E-state index < -0.39 is 0 Å². The van der Waals surface area contributed by atoms with Gasteiger partial charge in [-0.3, -0.25) is 0 Å². The highest BCUT2D eigenvalue weighted by Gasteiger charge is 2.48. The minimum atomic E-state index is -0.349. The first kappa shape index (κ1) is 52.3. The third-order valence-corrected chi connectivity index (χ3v) is 18.9. The molecule has 3 aliphatic rings. The molecule has 0 spiro atoms. The minimum Gasteiger partial charge on any atom is -0.455 e. The summed E-state index contributed by atoms with van der Waals surface area (Å²) in [5.41, 5.74) is 28.0. The molecule has 0 amide bonds. The first-order valence-electron chi connectivity index (χ1n) is 29.9. The van der Waals surface area contributed by atoms with Crippen LogP contribution < -0.4 is 20.6 Å². The molecule has 0 bridgehead atoms. The average molecular weight is 1070 g/mol. The van der Waals surface area contributed by atoms with E-state index in [1.165, 1.54) is 116 Å². The highest BCUT2D eigenvalue weighted by atomic mass is 16.3. The van der Waals surface area contributed by atoms with Crippen molar-refractivity contribution in [3.8, 4) is 27.9 Å². The Morgan fingerprint density at radius 1 is 0.439 bits per heavy atom. The molecular weight excluding hydrogens is 994 g/mol. The molecule has 0 saturated carbocycles. The molecule has 11 aromatic rings. The van der Waals surface area contributed by atoms with Crippen LogP contribution in [0.4, 0.5) is 28.4 Å². The molecular formula is C77H78BN3O. The van der Waals surface area contributed by atoms with Gasteiger partial charge >= 0.3 is 6.85 Å². The van der Waals surface area contributed by atoms with Crippen LogP contribution in [0.15, 0.2) is 168 Å². The number of benzene rings is 9. The summed E-state index contributed by atoms with van der Waals surface area (Å²) in [6.07, 6.45) is 0. The van der Waals surface area contributed by atoms with Crippen LogP contribution in [0.1, 0.15) is 157 Å². The Hall–Kier alpha value is -7.76. The van der Waals surface area contributed by atoms with Crippen molar-refractivity contribution in [2.45, 2.75) is 150 Å². The van der Waals surface area contributed by atoms with Gasteiger partial charge in [-0.05, 0) is 179 Å². The van der Waals surface area contributed by atoms with Gasteiger partial charge in [0.25, 0.3) is 0 Å². The van der Waals surface area contributed by atoms with Gasteiger partial charge in [-0.25, -0.2) is 0 Å². The van der Waals surface area contributed by atoms with Gasteiger partial charge < -0.3 is 18.7 Å². The molecule has 5 heteroatoms. The standard InChI is InChI=1S/C77H78BN3O/c1-72(2,3)45-22-30-50(31-23-45)79(51-32-24-46(25-33-51)73(4,5)6)53-36-37-54-56-43-58-64(44-60(56)77(16,17)59(54)42-53)81(52-34-26-47(27-35-52)74(7,8)9)78-61-41-49(76(13,14)15)29-39-63(61)80-62-38-28-48(75(10,11)12)40-57(62)68-70(80)69(78)66(58)67-55-20-18-19-21-65(55)82-71(67)68/h18-44H,1-17H3. The van der Waals surface area contributed by atoms with Gasteiger partial charge in [0, 0.05) is 61.3 Å². The zero-order valence-electron chi connectivity index (χ0n) is 51.4. The van der Waals surface area contributed by atoms with Crippen LogP contribution in [0.3, 0.4) is 0 Å². The number of anilines is 5. The topological polar surface area (TPSA) is 24.6 Å². The van der Waals surface area contributed by atoms with E-state index in [1.807, 2.05) is 0 Å². The predicted molar refractivity (Wildman–Crippen MR) is 353 cm³/mol. The normalized spacial score (nSPS) is 14.7. The van der Waals surface area contributed by atoms with E-state index in [0.29, 0.717) is 0 Å². The number of para-hydroxylation sites is 1. The lowest BCUT2D eigenvalue weighted by Crippen LogP contribution is -2.60. The fourth-order valence-electron chi connectivity index (χ4n) is 14.1. The van der Waals surface area contributed by atoms with Crippen molar-refractivity contribution < 1.29 is 4.42 Å². The summed E-state index contributed by atoms with van der Waals surface area (Å²) >= 11 is 0. The Balaban J connectivity index is 1.08. The van der Waals surface area contributed by atoms with E-state index in [9.17, 15) is 0 Å². The zero-order valence-corrected chi connectivity index (χ0v) is 51.4. The minimum absolute atomic E-state index is 0.00620. The third kappa shape index (κ3) is 7.70. The fraction of sp³-hybridized carbons (Fsp3) is 0.299. The largest absolute Gasteiger partial charge is 0.455 e. The summed E-state index contributed by atoms with van der Waals surface area (Å²) in [7, 11) is 0. The molecule has 1 aliphatic carbocycles. The lowest BCUT2D eigenvalue weighted by Gasteiger charge is -2.43. The molecule has 4 nitrogen and oxygen atoms in total. The summed E-state index contributed by atoms with van der Waals surface area (Å²) in [6.45, 7) is 39.5. The van der Waals surface area contributed by atoms with Crippen LogP contribution in [0.25, 0.3) is 71.7 Å². The first-order valence-corrected chi connectivity index (χ1v) is 29.9. The van der Waals surface area contributed by atoms with Crippen molar-refractivity contribution in [2.75, 3.05) is 9.71 Å². The van der Waals surface area contributed by atoms with E-state index in [-0.39, 0.29) is 39.3 Å². The summed E-state index contributed by atoms with van der Waals surface area (Å²) < 4.78 is 9.98. The van der Waals surface area contributed by atoms with Gasteiger partial charge in [0.05, 0.1) is 16.4 Å². The number of furan rings is 1. The van der Waals surface area contributed by atoms with Gasteiger partial charge in [-0.15, -0.1) is 0 Å². The molecule has 2 aliphatic heterocycles. The number of rotatable bonds is 4. The van der Waals surface area contributed by atoms with Crippen molar-refractivity contribution in [3.05, 3.63) is 203 Å². The van der Waals surface area contributed by atoms with Gasteiger partial charge in [-0.1, -0.05) is 197 Å². The Labute approximate surface area is 486 Å². The van der Waals surface area contributed by atoms with Crippen LogP contribution in [0.2, 0.25) is 0 Å². The first-order chi connectivity index (χ1) is 38.6. The average Bonchev–Trinajstić information content (AvgIpc) is 2.96. The van der Waals surface area contributed by atoms with Gasteiger partial charge in [0.1, 0.15) is 11.2 Å². The van der Waals surface area contributed by atoms with E-state index in [2.05, 4.69) is 296 Å². The molecule has 0 atom stereocenters. The number of fused-ring (bicyclic) bond motifs is 16. The Morgan fingerprint density at radius 3 is 1.56 bits per heavy atom. The summed E-state index contributed by atoms with van der Waals surface area (Å²) in [6, 6.07) is 63.9. The zero-order chi connectivity index (χ0) is 57.7. The maximum Gasteiger partial charge on any atom is 0.333 e. The fourth-order valence-corrected chi connectivity index (χ4v) is 14.1. The maximum absolute atomic E-state index is 7.37. The van der Waals surface area contributed by atoms with Gasteiger partial charge in [0.15, 0.2) is 0 Å². The molecule has 9 aromatic carbocycles. The molecule has 82 heavy (non-hydrogen) atoms. The second-order valence-electron chi connectivity index (χ2n) is 29.9. The number of hydrogen-bond acceptors (Lipinski definition) is 3. The highest BCUT2D eigenvalue weighted by Crippen LogP contribution is 2.58. The molecule has 0 unspecified atom stereocenters. The van der Waals surface area contributed by atoms with Crippen molar-refractivity contribution in [2.24, 2.45) is 0 Å². The lowest BCUT2D eigenvalue weighted by atomic mass is 9.43. The van der Waals surface area contributed by atoms with Crippen LogP contribution in [0.5, 0.6) is 0 Å². The van der Waals surface area contributed by atoms with Crippen molar-refractivity contribution >= 4 is 90.0 Å². The Morgan fingerprint density at radius 2 is 0.963 bits per heavy atom. The number of nitrogens with zero attached hydrogens (tertiary/aromatic N) is 3. The van der Waals surface area contributed by atoms with Gasteiger partial charge in [0.2, 0.25) is 0 Å². The number of aromatic nitrogens is 1. The predicted octanol–water partition coefficient (Wildman–Crippen LogP) is 20.2. The summed E-state index contributed by atoms with van der Waals surface area (Å²) in [5.74, 6) is 0. The molecule has 0 saturated heterocycles. The van der Waals surface area contributed by atoms with Crippen LogP contribution in [0, 0.1) is 0 Å². The molecule has 0 radical (unpaired) electrons. The van der Waals surface area contributed by atoms with Crippen LogP contribution in [-0.4, -0.2) is 11.4 Å². The Bertz CT molecular complexity index is 4420. The van der Waals surface area contributed by atoms with Crippen LogP contribution in [-0.2, 0) is 32.5 Å². The molecule has 0 N–H and O–H groups in total. The van der Waals surface area contributed by atoms with E-state index in [4.69, 9.17) is 4.42 Å². The van der Waals surface area contributed by atoms with Crippen molar-refractivity contribution in [1.82, 2.24) is 4.57 Å². The maximum atomic E-state index is 7.37. The lowest BCUT2D eigenvalue weighted by molar-refractivity contribution is 0.590. The SMILES string of the molecule is CC(C)(C)c1ccc(N2B3c4cc(C(C)(C)C)ccc4-n4c5ccc(C(C)(C)C)cc5c5c6oc7ccccc7c6c(c3c54)-c3cc4c(cc32)C(C)(C)c2cc(N(c3ccc(C(C)(C)C)cc3)c3ccc(C(C)(C)C)cc3)ccc2-4)cc1. The second-order valence-corrected chi connectivity index (χ2v) is 29.9. The monoisotopic (exact) mass is 1070 g/mol. The summed E-state index contributed by atoms with van der Waals surface area (Å²) in [5, 5.41) is 4.77. The Kier molecular flexibility index (Phi) is 11.0. The quantitative estimate of drug-likeness (QED) is 0.164. The second kappa shape index (κ2) is 17.2. The van der Waals surface area contributed by atoms with Gasteiger partial charge in [-0.2, -0.15) is 0 Å². The van der Waals surface area contributed by atoms with E-state index >= 15 is 0 Å².